The lowest BCUT2D eigenvalue weighted by Gasteiger charge is -2.15. The fraction of sp³-hybridized carbons (Fsp3) is 0.235. The summed E-state index contributed by atoms with van der Waals surface area (Å²) in [6, 6.07) is 2.09. The molecular weight excluding hydrogens is 404 g/mol. The van der Waals surface area contributed by atoms with Gasteiger partial charge in [0.1, 0.15) is 25.6 Å². The highest BCUT2D eigenvalue weighted by molar-refractivity contribution is 7.87. The van der Waals surface area contributed by atoms with Crippen molar-refractivity contribution in [2.75, 3.05) is 11.1 Å². The SMILES string of the molecule is CCCCS(=O)c1sc2nc(-c3nccs3)cc3c2c1Nc1ncsc1-3. The number of fused-ring (bicyclic) bond motifs is 2. The maximum atomic E-state index is 12.9. The number of nitrogens with zero attached hydrogens (tertiary/aromatic N) is 3. The van der Waals surface area contributed by atoms with Crippen LogP contribution in [0.25, 0.3) is 31.4 Å². The number of nitrogens with one attached hydrogen (secondary N) is 1. The molecule has 9 heteroatoms. The molecule has 132 valence electrons. The fourth-order valence-corrected chi connectivity index (χ4v) is 7.23. The molecule has 5 nitrogen and oxygen atoms in total. The summed E-state index contributed by atoms with van der Waals surface area (Å²) in [5, 5.41) is 7.33. The van der Waals surface area contributed by atoms with Crippen LogP contribution in [-0.4, -0.2) is 24.9 Å². The summed E-state index contributed by atoms with van der Waals surface area (Å²) < 4.78 is 13.8. The van der Waals surface area contributed by atoms with Crippen LogP contribution in [0.5, 0.6) is 0 Å². The molecule has 0 saturated heterocycles. The van der Waals surface area contributed by atoms with Gasteiger partial charge in [-0.25, -0.2) is 15.0 Å². The van der Waals surface area contributed by atoms with E-state index in [1.807, 2.05) is 10.9 Å². The number of rotatable bonds is 5. The van der Waals surface area contributed by atoms with Gasteiger partial charge in [-0.2, -0.15) is 0 Å². The second kappa shape index (κ2) is 6.49. The van der Waals surface area contributed by atoms with Crippen LogP contribution in [0.15, 0.2) is 27.4 Å². The van der Waals surface area contributed by atoms with Crippen LogP contribution in [0.2, 0.25) is 0 Å². The maximum Gasteiger partial charge on any atom is 0.149 e. The van der Waals surface area contributed by atoms with Gasteiger partial charge in [0.05, 0.1) is 26.9 Å². The topological polar surface area (TPSA) is 67.8 Å². The summed E-state index contributed by atoms with van der Waals surface area (Å²) in [5.74, 6) is 1.52. The molecule has 1 atom stereocenters. The molecule has 0 bridgehead atoms. The Balaban J connectivity index is 1.76. The monoisotopic (exact) mass is 418 g/mol. The van der Waals surface area contributed by atoms with E-state index in [0.717, 1.165) is 59.9 Å². The smallest absolute Gasteiger partial charge is 0.149 e. The van der Waals surface area contributed by atoms with E-state index in [2.05, 4.69) is 28.3 Å². The summed E-state index contributed by atoms with van der Waals surface area (Å²) in [5.41, 5.74) is 4.74. The first-order chi connectivity index (χ1) is 12.8. The number of unbranched alkanes of at least 4 members (excludes halogenated alkanes) is 1. The van der Waals surface area contributed by atoms with Gasteiger partial charge in [-0.1, -0.05) is 13.3 Å². The first-order valence-electron chi connectivity index (χ1n) is 8.23. The largest absolute Gasteiger partial charge is 0.337 e. The minimum absolute atomic E-state index is 0.677. The Morgan fingerprint density at radius 1 is 1.27 bits per heavy atom. The lowest BCUT2D eigenvalue weighted by atomic mass is 10.1. The standard InChI is InChI=1S/C17H14N4OS4/c1-2-3-6-26(22)17-12-11-9(13-14(21-12)19-8-24-13)7-10(20-16(11)25-17)15-18-4-5-23-15/h4-5,7-8,21H,2-3,6H2,1H3. The highest BCUT2D eigenvalue weighted by atomic mass is 32.2. The number of pyridine rings is 1. The lowest BCUT2D eigenvalue weighted by molar-refractivity contribution is 0.681. The van der Waals surface area contributed by atoms with E-state index in [0.29, 0.717) is 5.75 Å². The van der Waals surface area contributed by atoms with Crippen LogP contribution in [0.3, 0.4) is 0 Å². The molecule has 0 radical (unpaired) electrons. The summed E-state index contributed by atoms with van der Waals surface area (Å²) in [6.07, 6.45) is 3.78. The third-order valence-electron chi connectivity index (χ3n) is 4.23. The van der Waals surface area contributed by atoms with E-state index >= 15 is 0 Å². The normalized spacial score (nSPS) is 13.6. The van der Waals surface area contributed by atoms with Crippen molar-refractivity contribution in [1.29, 1.82) is 0 Å². The van der Waals surface area contributed by atoms with Crippen molar-refractivity contribution in [3.05, 3.63) is 23.2 Å². The van der Waals surface area contributed by atoms with Crippen molar-refractivity contribution in [2.24, 2.45) is 0 Å². The molecule has 0 fully saturated rings. The zero-order chi connectivity index (χ0) is 17.7. The van der Waals surface area contributed by atoms with Crippen molar-refractivity contribution < 1.29 is 4.21 Å². The molecule has 1 N–H and O–H groups in total. The minimum Gasteiger partial charge on any atom is -0.337 e. The average Bonchev–Trinajstić information content (AvgIpc) is 3.39. The predicted octanol–water partition coefficient (Wildman–Crippen LogP) is 5.51. The fourth-order valence-electron chi connectivity index (χ4n) is 3.00. The molecule has 5 heterocycles. The highest BCUT2D eigenvalue weighted by Gasteiger charge is 2.28. The molecule has 5 rings (SSSR count). The Bertz CT molecular complexity index is 1130. The number of hydrogen-bond acceptors (Lipinski definition) is 8. The van der Waals surface area contributed by atoms with Gasteiger partial charge < -0.3 is 5.32 Å². The van der Waals surface area contributed by atoms with Gasteiger partial charge in [0.15, 0.2) is 0 Å². The van der Waals surface area contributed by atoms with Gasteiger partial charge in [-0.05, 0) is 12.5 Å². The Morgan fingerprint density at radius 3 is 3.00 bits per heavy atom. The van der Waals surface area contributed by atoms with E-state index in [1.54, 1.807) is 28.9 Å². The van der Waals surface area contributed by atoms with Gasteiger partial charge in [0.25, 0.3) is 0 Å². The summed E-state index contributed by atoms with van der Waals surface area (Å²) in [4.78, 5) is 15.7. The van der Waals surface area contributed by atoms with Gasteiger partial charge >= 0.3 is 0 Å². The van der Waals surface area contributed by atoms with Crippen LogP contribution in [0.4, 0.5) is 11.5 Å². The van der Waals surface area contributed by atoms with E-state index in [4.69, 9.17) is 4.98 Å². The molecule has 0 amide bonds. The summed E-state index contributed by atoms with van der Waals surface area (Å²) >= 11 is 4.71. The number of aromatic nitrogens is 3. The zero-order valence-corrected chi connectivity index (χ0v) is 17.1. The van der Waals surface area contributed by atoms with Gasteiger partial charge in [-0.15, -0.1) is 34.0 Å². The van der Waals surface area contributed by atoms with Crippen LogP contribution in [0.1, 0.15) is 19.8 Å². The zero-order valence-electron chi connectivity index (χ0n) is 13.8. The van der Waals surface area contributed by atoms with Crippen LogP contribution >= 0.6 is 34.0 Å². The number of thiazole rings is 2. The quantitative estimate of drug-likeness (QED) is 0.408. The van der Waals surface area contributed by atoms with Crippen molar-refractivity contribution >= 4 is 66.5 Å². The number of thiophene rings is 1. The van der Waals surface area contributed by atoms with E-state index in [-0.39, 0.29) is 0 Å². The molecule has 4 aromatic rings. The molecule has 1 aliphatic heterocycles. The van der Waals surface area contributed by atoms with E-state index < -0.39 is 10.8 Å². The second-order valence-electron chi connectivity index (χ2n) is 5.90. The molecule has 0 spiro atoms. The number of hydrogen-bond donors (Lipinski definition) is 1. The first-order valence-corrected chi connectivity index (χ1v) is 12.1. The van der Waals surface area contributed by atoms with E-state index in [1.165, 1.54) is 11.3 Å². The van der Waals surface area contributed by atoms with Crippen molar-refractivity contribution in [2.45, 2.75) is 24.0 Å². The van der Waals surface area contributed by atoms with Crippen molar-refractivity contribution in [1.82, 2.24) is 15.0 Å². The molecule has 4 aromatic heterocycles. The maximum absolute atomic E-state index is 12.9. The van der Waals surface area contributed by atoms with Gasteiger partial charge in [0.2, 0.25) is 0 Å². The molecule has 26 heavy (non-hydrogen) atoms. The lowest BCUT2D eigenvalue weighted by Crippen LogP contribution is -2.03. The molecule has 0 aliphatic carbocycles. The third kappa shape index (κ3) is 2.53. The van der Waals surface area contributed by atoms with Crippen LogP contribution < -0.4 is 5.32 Å². The third-order valence-corrected chi connectivity index (χ3v) is 8.85. The first kappa shape index (κ1) is 16.5. The summed E-state index contributed by atoms with van der Waals surface area (Å²) in [6.45, 7) is 2.12. The second-order valence-corrected chi connectivity index (χ2v) is 10.4. The molecule has 1 aliphatic rings. The Hall–Kier alpha value is -1.68. The molecule has 1 unspecified atom stereocenters. The average molecular weight is 419 g/mol. The number of anilines is 2. The molecule has 0 aromatic carbocycles. The predicted molar refractivity (Wildman–Crippen MR) is 111 cm³/mol. The van der Waals surface area contributed by atoms with Crippen LogP contribution in [-0.2, 0) is 10.8 Å². The molecule has 0 saturated carbocycles. The Morgan fingerprint density at radius 2 is 2.19 bits per heavy atom. The Labute approximate surface area is 164 Å². The van der Waals surface area contributed by atoms with Crippen molar-refractivity contribution in [3.63, 3.8) is 0 Å². The van der Waals surface area contributed by atoms with Crippen LogP contribution in [0, 0.1) is 0 Å². The minimum atomic E-state index is -1.03. The van der Waals surface area contributed by atoms with Crippen molar-refractivity contribution in [3.8, 4) is 21.1 Å². The Kier molecular flexibility index (Phi) is 4.11. The summed E-state index contributed by atoms with van der Waals surface area (Å²) in [7, 11) is -1.03. The van der Waals surface area contributed by atoms with E-state index in [9.17, 15) is 4.21 Å². The molecular formula is C17H14N4OS4. The highest BCUT2D eigenvalue weighted by Crippen LogP contribution is 2.51. The van der Waals surface area contributed by atoms with Gasteiger partial charge in [-0.3, -0.25) is 4.21 Å². The van der Waals surface area contributed by atoms with Gasteiger partial charge in [0, 0.05) is 28.3 Å².